The number of carbonyl (C=O) groups excluding carboxylic acids is 1. The number of hydrogen-bond donors (Lipinski definition) is 1. The molecule has 4 nitrogen and oxygen atoms in total. The SMILES string of the molecule is CNCC1CCN(C(=O)c2sccc2OC)C1.Cl. The molecule has 1 aromatic rings. The Morgan fingerprint density at radius 2 is 2.44 bits per heavy atom. The molecule has 2 heterocycles. The third-order valence-electron chi connectivity index (χ3n) is 3.11. The molecule has 6 heteroatoms. The molecule has 0 aromatic carbocycles. The molecule has 0 spiro atoms. The Bertz CT molecular complexity index is 397. The van der Waals surface area contributed by atoms with Crippen LogP contribution < -0.4 is 10.1 Å². The maximum atomic E-state index is 12.3. The highest BCUT2D eigenvalue weighted by atomic mass is 35.5. The smallest absolute Gasteiger partial charge is 0.267 e. The topological polar surface area (TPSA) is 41.6 Å². The normalized spacial score (nSPS) is 18.6. The Kier molecular flexibility index (Phi) is 5.91. The van der Waals surface area contributed by atoms with Gasteiger partial charge in [-0.3, -0.25) is 4.79 Å². The molecule has 0 aliphatic carbocycles. The zero-order valence-corrected chi connectivity index (χ0v) is 12.3. The minimum Gasteiger partial charge on any atom is -0.495 e. The number of hydrogen-bond acceptors (Lipinski definition) is 4. The summed E-state index contributed by atoms with van der Waals surface area (Å²) in [4.78, 5) is 14.9. The Balaban J connectivity index is 0.00000162. The van der Waals surface area contributed by atoms with Gasteiger partial charge in [0, 0.05) is 13.1 Å². The van der Waals surface area contributed by atoms with Crippen molar-refractivity contribution >= 4 is 29.7 Å². The number of thiophene rings is 1. The molecule has 0 saturated carbocycles. The predicted molar refractivity (Wildman–Crippen MR) is 76.1 cm³/mol. The van der Waals surface area contributed by atoms with Crippen LogP contribution in [0.5, 0.6) is 5.75 Å². The van der Waals surface area contributed by atoms with Gasteiger partial charge in [0.25, 0.3) is 5.91 Å². The van der Waals surface area contributed by atoms with Crippen LogP contribution >= 0.6 is 23.7 Å². The van der Waals surface area contributed by atoms with Crippen molar-refractivity contribution in [2.75, 3.05) is 33.8 Å². The highest BCUT2D eigenvalue weighted by Gasteiger charge is 2.28. The van der Waals surface area contributed by atoms with Crippen LogP contribution in [0.25, 0.3) is 0 Å². The summed E-state index contributed by atoms with van der Waals surface area (Å²) < 4.78 is 5.19. The van der Waals surface area contributed by atoms with Gasteiger partial charge < -0.3 is 15.0 Å². The second-order valence-electron chi connectivity index (χ2n) is 4.28. The highest BCUT2D eigenvalue weighted by molar-refractivity contribution is 7.12. The molecule has 18 heavy (non-hydrogen) atoms. The van der Waals surface area contributed by atoms with Gasteiger partial charge >= 0.3 is 0 Å². The molecule has 1 aromatic heterocycles. The van der Waals surface area contributed by atoms with Crippen molar-refractivity contribution in [1.29, 1.82) is 0 Å². The largest absolute Gasteiger partial charge is 0.495 e. The van der Waals surface area contributed by atoms with Gasteiger partial charge in [0.05, 0.1) is 7.11 Å². The van der Waals surface area contributed by atoms with E-state index in [0.29, 0.717) is 11.7 Å². The summed E-state index contributed by atoms with van der Waals surface area (Å²) in [5, 5.41) is 5.06. The molecule has 1 aliphatic heterocycles. The first-order valence-electron chi connectivity index (χ1n) is 5.81. The first kappa shape index (κ1) is 15.3. The molecular weight excluding hydrogens is 272 g/mol. The standard InChI is InChI=1S/C12H18N2O2S.ClH/c1-13-7-9-3-5-14(8-9)12(15)11-10(16-2)4-6-17-11;/h4,6,9,13H,3,5,7-8H2,1-2H3;1H. The van der Waals surface area contributed by atoms with Crippen LogP contribution in [0.3, 0.4) is 0 Å². The van der Waals surface area contributed by atoms with E-state index in [0.717, 1.165) is 30.9 Å². The van der Waals surface area contributed by atoms with Crippen molar-refractivity contribution in [3.05, 3.63) is 16.3 Å². The van der Waals surface area contributed by atoms with Crippen LogP contribution in [0.4, 0.5) is 0 Å². The van der Waals surface area contributed by atoms with Crippen LogP contribution in [0.15, 0.2) is 11.4 Å². The van der Waals surface area contributed by atoms with E-state index < -0.39 is 0 Å². The highest BCUT2D eigenvalue weighted by Crippen LogP contribution is 2.28. The molecule has 1 saturated heterocycles. The van der Waals surface area contributed by atoms with E-state index in [9.17, 15) is 4.79 Å². The lowest BCUT2D eigenvalue weighted by atomic mass is 10.1. The van der Waals surface area contributed by atoms with E-state index in [-0.39, 0.29) is 18.3 Å². The van der Waals surface area contributed by atoms with Crippen LogP contribution in [0.1, 0.15) is 16.1 Å². The Morgan fingerprint density at radius 1 is 1.67 bits per heavy atom. The maximum absolute atomic E-state index is 12.3. The second kappa shape index (κ2) is 6.97. The van der Waals surface area contributed by atoms with Gasteiger partial charge in [0.2, 0.25) is 0 Å². The number of methoxy groups -OCH3 is 1. The third-order valence-corrected chi connectivity index (χ3v) is 3.99. The van der Waals surface area contributed by atoms with Gasteiger partial charge in [-0.1, -0.05) is 0 Å². The van der Waals surface area contributed by atoms with Gasteiger partial charge in [0.1, 0.15) is 10.6 Å². The average Bonchev–Trinajstić information content (AvgIpc) is 2.96. The molecule has 1 atom stereocenters. The summed E-state index contributed by atoms with van der Waals surface area (Å²) in [6.07, 6.45) is 1.08. The summed E-state index contributed by atoms with van der Waals surface area (Å²) in [6, 6.07) is 1.85. The van der Waals surface area contributed by atoms with E-state index in [1.165, 1.54) is 11.3 Å². The number of nitrogens with one attached hydrogen (secondary N) is 1. The van der Waals surface area contributed by atoms with Crippen LogP contribution in [-0.2, 0) is 0 Å². The molecule has 1 fully saturated rings. The lowest BCUT2D eigenvalue weighted by Gasteiger charge is -2.16. The number of nitrogens with zero attached hydrogens (tertiary/aromatic N) is 1. The molecule has 2 rings (SSSR count). The number of rotatable bonds is 4. The summed E-state index contributed by atoms with van der Waals surface area (Å²) >= 11 is 1.45. The zero-order chi connectivity index (χ0) is 12.3. The minimum absolute atomic E-state index is 0. The van der Waals surface area contributed by atoms with Crippen molar-refractivity contribution in [2.24, 2.45) is 5.92 Å². The number of likely N-dealkylation sites (tertiary alicyclic amines) is 1. The number of ether oxygens (including phenoxy) is 1. The summed E-state index contributed by atoms with van der Waals surface area (Å²) in [7, 11) is 3.55. The van der Waals surface area contributed by atoms with Crippen LogP contribution in [-0.4, -0.2) is 44.6 Å². The van der Waals surface area contributed by atoms with Crippen LogP contribution in [0.2, 0.25) is 0 Å². The van der Waals surface area contributed by atoms with Gasteiger partial charge in [0.15, 0.2) is 0 Å². The van der Waals surface area contributed by atoms with Crippen molar-refractivity contribution in [3.63, 3.8) is 0 Å². The Labute approximate surface area is 118 Å². The first-order chi connectivity index (χ1) is 8.26. The summed E-state index contributed by atoms with van der Waals surface area (Å²) in [5.74, 6) is 1.38. The molecule has 102 valence electrons. The van der Waals surface area contributed by atoms with Gasteiger partial charge in [-0.2, -0.15) is 0 Å². The third kappa shape index (κ3) is 3.16. The number of halogens is 1. The fraction of sp³-hybridized carbons (Fsp3) is 0.583. The first-order valence-corrected chi connectivity index (χ1v) is 6.69. The maximum Gasteiger partial charge on any atom is 0.267 e. The quantitative estimate of drug-likeness (QED) is 0.920. The van der Waals surface area contributed by atoms with Crippen LogP contribution in [0, 0.1) is 5.92 Å². The Morgan fingerprint density at radius 3 is 3.11 bits per heavy atom. The molecule has 1 amide bonds. The van der Waals surface area contributed by atoms with E-state index in [1.807, 2.05) is 23.4 Å². The van der Waals surface area contributed by atoms with E-state index in [1.54, 1.807) is 7.11 Å². The fourth-order valence-corrected chi connectivity index (χ4v) is 3.06. The molecule has 1 unspecified atom stereocenters. The second-order valence-corrected chi connectivity index (χ2v) is 5.20. The van der Waals surface area contributed by atoms with Crippen molar-refractivity contribution < 1.29 is 9.53 Å². The predicted octanol–water partition coefficient (Wildman–Crippen LogP) is 1.86. The van der Waals surface area contributed by atoms with Gasteiger partial charge in [-0.05, 0) is 37.4 Å². The van der Waals surface area contributed by atoms with E-state index >= 15 is 0 Å². The molecule has 1 aliphatic rings. The zero-order valence-electron chi connectivity index (χ0n) is 10.6. The van der Waals surface area contributed by atoms with Crippen molar-refractivity contribution in [3.8, 4) is 5.75 Å². The summed E-state index contributed by atoms with van der Waals surface area (Å²) in [5.41, 5.74) is 0. The average molecular weight is 291 g/mol. The summed E-state index contributed by atoms with van der Waals surface area (Å²) in [6.45, 7) is 2.68. The van der Waals surface area contributed by atoms with Crippen molar-refractivity contribution in [2.45, 2.75) is 6.42 Å². The lowest BCUT2D eigenvalue weighted by Crippen LogP contribution is -2.30. The van der Waals surface area contributed by atoms with Crippen molar-refractivity contribution in [1.82, 2.24) is 10.2 Å². The fourth-order valence-electron chi connectivity index (χ4n) is 2.23. The molecule has 1 N–H and O–H groups in total. The Hall–Kier alpha value is -0.780. The molecule has 0 radical (unpaired) electrons. The lowest BCUT2D eigenvalue weighted by molar-refractivity contribution is 0.0789. The van der Waals surface area contributed by atoms with Gasteiger partial charge in [-0.25, -0.2) is 0 Å². The monoisotopic (exact) mass is 290 g/mol. The molecule has 0 bridgehead atoms. The molecular formula is C12H19ClN2O2S. The van der Waals surface area contributed by atoms with E-state index in [2.05, 4.69) is 5.32 Å². The number of amides is 1. The minimum atomic E-state index is 0. The van der Waals surface area contributed by atoms with Gasteiger partial charge in [-0.15, -0.1) is 23.7 Å². The van der Waals surface area contributed by atoms with E-state index in [4.69, 9.17) is 4.74 Å². The number of carbonyl (C=O) groups is 1.